The van der Waals surface area contributed by atoms with Crippen molar-refractivity contribution >= 4 is 29.8 Å². The van der Waals surface area contributed by atoms with E-state index in [0.29, 0.717) is 17.7 Å². The Labute approximate surface area is 149 Å². The number of aromatic hydroxyl groups is 3. The molecule has 0 bridgehead atoms. The molecule has 0 unspecified atom stereocenters. The summed E-state index contributed by atoms with van der Waals surface area (Å²) in [6.45, 7) is 0.356. The van der Waals surface area contributed by atoms with Crippen molar-refractivity contribution in [1.29, 1.82) is 5.41 Å². The van der Waals surface area contributed by atoms with Gasteiger partial charge < -0.3 is 32.2 Å². The normalized spacial score (nSPS) is 10.2. The van der Waals surface area contributed by atoms with Crippen molar-refractivity contribution in [3.8, 4) is 17.2 Å². The summed E-state index contributed by atoms with van der Waals surface area (Å²) in [6.07, 6.45) is 4.35. The van der Waals surface area contributed by atoms with Crippen LogP contribution in [0.15, 0.2) is 36.4 Å². The van der Waals surface area contributed by atoms with E-state index in [9.17, 15) is 15.0 Å². The molecule has 0 atom stereocenters. The predicted molar refractivity (Wildman–Crippen MR) is 97.4 cm³/mol. The lowest BCUT2D eigenvalue weighted by atomic mass is 10.1. The molecule has 1 amide bonds. The first-order chi connectivity index (χ1) is 11.8. The third-order valence-corrected chi connectivity index (χ3v) is 3.28. The molecule has 0 heterocycles. The topological polar surface area (TPSA) is 154 Å². The van der Waals surface area contributed by atoms with Gasteiger partial charge in [0.05, 0.1) is 5.02 Å². The van der Waals surface area contributed by atoms with Gasteiger partial charge >= 0.3 is 0 Å². The average molecular weight is 364 g/mol. The second-order valence-corrected chi connectivity index (χ2v) is 5.20. The number of primary amides is 1. The standard InChI is InChI=1S/C10H12N2O2.C7H6ClNO2/c11-3-1-2-8-4-7(6-12)5-9(13)10(8)14;8-5-3-4(7(9)11)1-2-6(5)10/h1-2,4-6,12-14H,3,11H2;1-3,10H,(H2,9,11)/b2-1+,12-6?;. The molecule has 0 radical (unpaired) electrons. The first-order valence-corrected chi connectivity index (χ1v) is 7.39. The first kappa shape index (κ1) is 20.0. The molecule has 2 aromatic carbocycles. The van der Waals surface area contributed by atoms with Crippen LogP contribution in [0.2, 0.25) is 5.02 Å². The maximum absolute atomic E-state index is 10.5. The van der Waals surface area contributed by atoms with Gasteiger partial charge in [-0.2, -0.15) is 0 Å². The molecule has 0 saturated carbocycles. The number of benzene rings is 2. The number of carbonyl (C=O) groups is 1. The number of hydrogen-bond donors (Lipinski definition) is 6. The predicted octanol–water partition coefficient (Wildman–Crippen LogP) is 2.21. The number of amides is 1. The highest BCUT2D eigenvalue weighted by Gasteiger charge is 2.05. The van der Waals surface area contributed by atoms with Crippen molar-refractivity contribution in [2.75, 3.05) is 6.54 Å². The smallest absolute Gasteiger partial charge is 0.248 e. The average Bonchev–Trinajstić information content (AvgIpc) is 2.58. The highest BCUT2D eigenvalue weighted by Crippen LogP contribution is 2.30. The fraction of sp³-hybridized carbons (Fsp3) is 0.0588. The zero-order valence-corrected chi connectivity index (χ0v) is 13.9. The van der Waals surface area contributed by atoms with Crippen molar-refractivity contribution in [2.24, 2.45) is 11.5 Å². The van der Waals surface area contributed by atoms with Crippen molar-refractivity contribution in [3.63, 3.8) is 0 Å². The summed E-state index contributed by atoms with van der Waals surface area (Å²) in [5, 5.41) is 34.8. The zero-order valence-electron chi connectivity index (χ0n) is 13.1. The molecular weight excluding hydrogens is 346 g/mol. The van der Waals surface area contributed by atoms with Gasteiger partial charge in [-0.05, 0) is 35.9 Å². The number of halogens is 1. The molecule has 0 fully saturated rings. The Kier molecular flexibility index (Phi) is 7.45. The van der Waals surface area contributed by atoms with Crippen LogP contribution in [0.3, 0.4) is 0 Å². The van der Waals surface area contributed by atoms with Crippen molar-refractivity contribution < 1.29 is 20.1 Å². The van der Waals surface area contributed by atoms with E-state index < -0.39 is 5.91 Å². The maximum Gasteiger partial charge on any atom is 0.248 e. The monoisotopic (exact) mass is 363 g/mol. The molecule has 0 spiro atoms. The summed E-state index contributed by atoms with van der Waals surface area (Å²) in [6, 6.07) is 6.96. The van der Waals surface area contributed by atoms with Crippen LogP contribution in [-0.2, 0) is 0 Å². The second-order valence-electron chi connectivity index (χ2n) is 4.79. The zero-order chi connectivity index (χ0) is 19.0. The minimum absolute atomic E-state index is 0.0586. The molecule has 7 nitrogen and oxygen atoms in total. The SMILES string of the molecule is N=Cc1cc(O)c(O)c(/C=C/CN)c1.NC(=O)c1ccc(O)c(Cl)c1. The lowest BCUT2D eigenvalue weighted by Crippen LogP contribution is -2.10. The van der Waals surface area contributed by atoms with Crippen molar-refractivity contribution in [2.45, 2.75) is 0 Å². The minimum atomic E-state index is -0.563. The van der Waals surface area contributed by atoms with Crippen LogP contribution < -0.4 is 11.5 Å². The fourth-order valence-corrected chi connectivity index (χ4v) is 1.91. The molecule has 8 heteroatoms. The van der Waals surface area contributed by atoms with Gasteiger partial charge in [0.25, 0.3) is 0 Å². The lowest BCUT2D eigenvalue weighted by Gasteiger charge is -2.03. The van der Waals surface area contributed by atoms with Gasteiger partial charge in [0.15, 0.2) is 11.5 Å². The van der Waals surface area contributed by atoms with E-state index in [0.717, 1.165) is 6.21 Å². The largest absolute Gasteiger partial charge is 0.506 e. The van der Waals surface area contributed by atoms with Crippen molar-refractivity contribution in [3.05, 3.63) is 58.1 Å². The van der Waals surface area contributed by atoms with E-state index in [1.54, 1.807) is 18.2 Å². The minimum Gasteiger partial charge on any atom is -0.506 e. The molecule has 2 aromatic rings. The van der Waals surface area contributed by atoms with Crippen LogP contribution in [0.1, 0.15) is 21.5 Å². The van der Waals surface area contributed by atoms with Gasteiger partial charge in [-0.3, -0.25) is 4.79 Å². The summed E-state index contributed by atoms with van der Waals surface area (Å²) in [5.41, 5.74) is 11.5. The van der Waals surface area contributed by atoms with Gasteiger partial charge in [0, 0.05) is 23.9 Å². The van der Waals surface area contributed by atoms with Crippen LogP contribution in [0, 0.1) is 5.41 Å². The number of phenolic OH excluding ortho intramolecular Hbond substituents is 3. The summed E-state index contributed by atoms with van der Waals surface area (Å²) in [5.74, 6) is -1.05. The molecule has 2 rings (SSSR count). The summed E-state index contributed by atoms with van der Waals surface area (Å²) < 4.78 is 0. The van der Waals surface area contributed by atoms with E-state index in [1.807, 2.05) is 0 Å². The van der Waals surface area contributed by atoms with Gasteiger partial charge in [-0.25, -0.2) is 0 Å². The summed E-state index contributed by atoms with van der Waals surface area (Å²) in [4.78, 5) is 10.5. The van der Waals surface area contributed by atoms with Crippen LogP contribution >= 0.6 is 11.6 Å². The molecular formula is C17H18ClN3O4. The third kappa shape index (κ3) is 5.83. The van der Waals surface area contributed by atoms with E-state index >= 15 is 0 Å². The Bertz CT molecular complexity index is 807. The quantitative estimate of drug-likeness (QED) is 0.363. The molecule has 0 aliphatic heterocycles. The third-order valence-electron chi connectivity index (χ3n) is 2.97. The Balaban J connectivity index is 0.000000257. The highest BCUT2D eigenvalue weighted by molar-refractivity contribution is 6.32. The van der Waals surface area contributed by atoms with E-state index in [-0.39, 0.29) is 27.8 Å². The van der Waals surface area contributed by atoms with Gasteiger partial charge in [0.2, 0.25) is 5.91 Å². The number of phenols is 3. The Morgan fingerprint density at radius 2 is 1.84 bits per heavy atom. The molecule has 8 N–H and O–H groups in total. The van der Waals surface area contributed by atoms with Crippen LogP contribution in [0.5, 0.6) is 17.2 Å². The molecule has 0 saturated heterocycles. The number of hydrogen-bond acceptors (Lipinski definition) is 6. The van der Waals surface area contributed by atoms with Gasteiger partial charge in [0.1, 0.15) is 5.75 Å². The summed E-state index contributed by atoms with van der Waals surface area (Å²) in [7, 11) is 0. The Morgan fingerprint density at radius 1 is 1.16 bits per heavy atom. The number of rotatable bonds is 4. The molecule has 0 aromatic heterocycles. The molecule has 0 aliphatic carbocycles. The number of nitrogens with one attached hydrogen (secondary N) is 1. The van der Waals surface area contributed by atoms with E-state index in [2.05, 4.69) is 0 Å². The number of carbonyl (C=O) groups excluding carboxylic acids is 1. The second kappa shape index (κ2) is 9.31. The van der Waals surface area contributed by atoms with Crippen LogP contribution in [0.25, 0.3) is 6.08 Å². The van der Waals surface area contributed by atoms with Crippen LogP contribution in [-0.4, -0.2) is 34.0 Å². The van der Waals surface area contributed by atoms with Crippen molar-refractivity contribution in [1.82, 2.24) is 0 Å². The molecule has 132 valence electrons. The van der Waals surface area contributed by atoms with Crippen LogP contribution in [0.4, 0.5) is 0 Å². The fourth-order valence-electron chi connectivity index (χ4n) is 1.73. The maximum atomic E-state index is 10.5. The Morgan fingerprint density at radius 3 is 2.36 bits per heavy atom. The first-order valence-electron chi connectivity index (χ1n) is 7.01. The number of nitrogens with two attached hydrogens (primary N) is 2. The lowest BCUT2D eigenvalue weighted by molar-refractivity contribution is 0.100. The Hall–Kier alpha value is -3.03. The van der Waals surface area contributed by atoms with E-state index in [1.165, 1.54) is 24.3 Å². The highest BCUT2D eigenvalue weighted by atomic mass is 35.5. The van der Waals surface area contributed by atoms with Gasteiger partial charge in [-0.1, -0.05) is 23.8 Å². The van der Waals surface area contributed by atoms with Gasteiger partial charge in [-0.15, -0.1) is 0 Å². The van der Waals surface area contributed by atoms with E-state index in [4.69, 9.17) is 33.6 Å². The molecule has 0 aliphatic rings. The molecule has 25 heavy (non-hydrogen) atoms. The summed E-state index contributed by atoms with van der Waals surface area (Å²) >= 11 is 5.50.